The lowest BCUT2D eigenvalue weighted by Crippen LogP contribution is -2.18. The predicted octanol–water partition coefficient (Wildman–Crippen LogP) is 4.63. The lowest BCUT2D eigenvalue weighted by atomic mass is 10.2. The Labute approximate surface area is 177 Å². The lowest BCUT2D eigenvalue weighted by Gasteiger charge is -2.12. The topological polar surface area (TPSA) is 76.7 Å². The first kappa shape index (κ1) is 22.2. The monoisotopic (exact) mass is 442 g/mol. The lowest BCUT2D eigenvalue weighted by molar-refractivity contribution is -0.114. The molecule has 0 unspecified atom stereocenters. The van der Waals surface area contributed by atoms with Gasteiger partial charge in [-0.05, 0) is 36.8 Å². The highest BCUT2D eigenvalue weighted by molar-refractivity contribution is 8.00. The molecule has 2 rings (SSSR count). The van der Waals surface area contributed by atoms with Crippen molar-refractivity contribution in [2.24, 2.45) is 0 Å². The standard InChI is InChI=1S/C19H20Cl2N2O4S/c1-11-6-15(17(27-3)8-13(11)20)23-19(25)10-28-9-18(24)22-12-4-5-16(26-2)14(21)7-12/h4-8H,9-10H2,1-3H3,(H,22,24)(H,23,25). The number of halogens is 2. The zero-order valence-corrected chi connectivity index (χ0v) is 17.9. The molecule has 0 aromatic heterocycles. The van der Waals surface area contributed by atoms with Gasteiger partial charge in [-0.2, -0.15) is 0 Å². The molecular formula is C19H20Cl2N2O4S. The number of hydrogen-bond donors (Lipinski definition) is 2. The van der Waals surface area contributed by atoms with Crippen molar-refractivity contribution < 1.29 is 19.1 Å². The maximum absolute atomic E-state index is 12.1. The Hall–Kier alpha value is -2.09. The Morgan fingerprint density at radius 1 is 0.929 bits per heavy atom. The summed E-state index contributed by atoms with van der Waals surface area (Å²) in [6, 6.07) is 8.34. The summed E-state index contributed by atoms with van der Waals surface area (Å²) in [4.78, 5) is 24.2. The van der Waals surface area contributed by atoms with Crippen LogP contribution in [0.1, 0.15) is 5.56 Å². The molecule has 0 spiro atoms. The van der Waals surface area contributed by atoms with Gasteiger partial charge in [0.1, 0.15) is 11.5 Å². The summed E-state index contributed by atoms with van der Waals surface area (Å²) in [6.45, 7) is 1.84. The fourth-order valence-corrected chi connectivity index (χ4v) is 3.32. The van der Waals surface area contributed by atoms with Gasteiger partial charge in [0.05, 0.1) is 36.4 Å². The summed E-state index contributed by atoms with van der Waals surface area (Å²) in [5, 5.41) is 6.45. The maximum Gasteiger partial charge on any atom is 0.234 e. The molecule has 2 aromatic rings. The molecular weight excluding hydrogens is 423 g/mol. The van der Waals surface area contributed by atoms with Crippen LogP contribution < -0.4 is 20.1 Å². The third-order valence-electron chi connectivity index (χ3n) is 3.66. The maximum atomic E-state index is 12.1. The molecule has 150 valence electrons. The van der Waals surface area contributed by atoms with Crippen molar-refractivity contribution in [1.82, 2.24) is 0 Å². The third kappa shape index (κ3) is 6.22. The molecule has 0 saturated carbocycles. The summed E-state index contributed by atoms with van der Waals surface area (Å²) in [6.07, 6.45) is 0. The molecule has 9 heteroatoms. The van der Waals surface area contributed by atoms with E-state index in [-0.39, 0.29) is 23.3 Å². The molecule has 0 bridgehead atoms. The molecule has 0 fully saturated rings. The molecule has 2 aromatic carbocycles. The van der Waals surface area contributed by atoms with E-state index in [0.717, 1.165) is 5.56 Å². The van der Waals surface area contributed by atoms with Gasteiger partial charge < -0.3 is 20.1 Å². The Kier molecular flexibility index (Phi) is 8.29. The van der Waals surface area contributed by atoms with Crippen molar-refractivity contribution in [1.29, 1.82) is 0 Å². The first-order valence-electron chi connectivity index (χ1n) is 8.19. The quantitative estimate of drug-likeness (QED) is 0.622. The number of ether oxygens (including phenoxy) is 2. The Balaban J connectivity index is 1.83. The zero-order valence-electron chi connectivity index (χ0n) is 15.6. The number of nitrogens with one attached hydrogen (secondary N) is 2. The number of thioether (sulfide) groups is 1. The molecule has 0 aliphatic rings. The van der Waals surface area contributed by atoms with Crippen LogP contribution in [-0.4, -0.2) is 37.5 Å². The van der Waals surface area contributed by atoms with Gasteiger partial charge in [0, 0.05) is 16.8 Å². The van der Waals surface area contributed by atoms with Gasteiger partial charge in [0.15, 0.2) is 0 Å². The van der Waals surface area contributed by atoms with E-state index in [1.54, 1.807) is 30.3 Å². The largest absolute Gasteiger partial charge is 0.495 e. The minimum Gasteiger partial charge on any atom is -0.495 e. The fraction of sp³-hybridized carbons (Fsp3) is 0.263. The number of benzene rings is 2. The SMILES string of the molecule is COc1ccc(NC(=O)CSCC(=O)Nc2cc(C)c(Cl)cc2OC)cc1Cl. The van der Waals surface area contributed by atoms with Crippen LogP contribution in [0.5, 0.6) is 11.5 Å². The zero-order chi connectivity index (χ0) is 20.7. The summed E-state index contributed by atoms with van der Waals surface area (Å²) in [5.41, 5.74) is 1.91. The van der Waals surface area contributed by atoms with E-state index in [0.29, 0.717) is 32.9 Å². The number of amides is 2. The van der Waals surface area contributed by atoms with Crippen LogP contribution in [0.25, 0.3) is 0 Å². The molecule has 0 heterocycles. The number of carbonyl (C=O) groups is 2. The highest BCUT2D eigenvalue weighted by Gasteiger charge is 2.12. The first-order chi connectivity index (χ1) is 13.3. The number of rotatable bonds is 8. The second-order valence-electron chi connectivity index (χ2n) is 5.74. The van der Waals surface area contributed by atoms with Crippen LogP contribution in [0, 0.1) is 6.92 Å². The third-order valence-corrected chi connectivity index (χ3v) is 5.29. The second kappa shape index (κ2) is 10.5. The molecule has 6 nitrogen and oxygen atoms in total. The van der Waals surface area contributed by atoms with E-state index in [2.05, 4.69) is 10.6 Å². The summed E-state index contributed by atoms with van der Waals surface area (Å²) in [7, 11) is 3.02. The van der Waals surface area contributed by atoms with E-state index < -0.39 is 0 Å². The van der Waals surface area contributed by atoms with Gasteiger partial charge in [-0.25, -0.2) is 0 Å². The molecule has 2 amide bonds. The average Bonchev–Trinajstić information content (AvgIpc) is 2.64. The average molecular weight is 443 g/mol. The van der Waals surface area contributed by atoms with Crippen LogP contribution in [0.2, 0.25) is 10.0 Å². The van der Waals surface area contributed by atoms with E-state index in [4.69, 9.17) is 32.7 Å². The van der Waals surface area contributed by atoms with Crippen LogP contribution in [0.4, 0.5) is 11.4 Å². The van der Waals surface area contributed by atoms with Crippen molar-refractivity contribution in [3.63, 3.8) is 0 Å². The van der Waals surface area contributed by atoms with Gasteiger partial charge in [0.2, 0.25) is 11.8 Å². The highest BCUT2D eigenvalue weighted by atomic mass is 35.5. The molecule has 0 radical (unpaired) electrons. The minimum absolute atomic E-state index is 0.113. The molecule has 0 aliphatic heterocycles. The number of carbonyl (C=O) groups excluding carboxylic acids is 2. The molecule has 0 atom stereocenters. The van der Waals surface area contributed by atoms with Gasteiger partial charge in [-0.3, -0.25) is 9.59 Å². The molecule has 0 saturated heterocycles. The van der Waals surface area contributed by atoms with Crippen molar-refractivity contribution in [3.8, 4) is 11.5 Å². The van der Waals surface area contributed by atoms with Crippen LogP contribution in [0.3, 0.4) is 0 Å². The van der Waals surface area contributed by atoms with E-state index in [1.807, 2.05) is 6.92 Å². The fourth-order valence-electron chi connectivity index (χ4n) is 2.29. The van der Waals surface area contributed by atoms with Gasteiger partial charge in [-0.1, -0.05) is 23.2 Å². The number of hydrogen-bond acceptors (Lipinski definition) is 5. The summed E-state index contributed by atoms with van der Waals surface area (Å²) in [5.74, 6) is 0.751. The van der Waals surface area contributed by atoms with E-state index >= 15 is 0 Å². The van der Waals surface area contributed by atoms with Crippen LogP contribution in [0.15, 0.2) is 30.3 Å². The second-order valence-corrected chi connectivity index (χ2v) is 7.54. The van der Waals surface area contributed by atoms with E-state index in [1.165, 1.54) is 26.0 Å². The van der Waals surface area contributed by atoms with E-state index in [9.17, 15) is 9.59 Å². The Morgan fingerprint density at radius 3 is 2.18 bits per heavy atom. The normalized spacial score (nSPS) is 10.3. The smallest absolute Gasteiger partial charge is 0.234 e. The molecule has 28 heavy (non-hydrogen) atoms. The van der Waals surface area contributed by atoms with Crippen molar-refractivity contribution in [2.75, 3.05) is 36.4 Å². The highest BCUT2D eigenvalue weighted by Crippen LogP contribution is 2.31. The summed E-state index contributed by atoms with van der Waals surface area (Å²) >= 11 is 13.3. The number of methoxy groups -OCH3 is 2. The first-order valence-corrected chi connectivity index (χ1v) is 10.1. The molecule has 0 aliphatic carbocycles. The van der Waals surface area contributed by atoms with Crippen molar-refractivity contribution in [2.45, 2.75) is 6.92 Å². The van der Waals surface area contributed by atoms with Gasteiger partial charge in [-0.15, -0.1) is 11.8 Å². The van der Waals surface area contributed by atoms with Crippen molar-refractivity contribution >= 4 is 58.2 Å². The predicted molar refractivity (Wildman–Crippen MR) is 115 cm³/mol. The van der Waals surface area contributed by atoms with Crippen LogP contribution >= 0.6 is 35.0 Å². The Morgan fingerprint density at radius 2 is 1.57 bits per heavy atom. The Bertz CT molecular complexity index is 877. The van der Waals surface area contributed by atoms with Gasteiger partial charge in [0.25, 0.3) is 0 Å². The molecule has 2 N–H and O–H groups in total. The van der Waals surface area contributed by atoms with Gasteiger partial charge >= 0.3 is 0 Å². The number of aryl methyl sites for hydroxylation is 1. The van der Waals surface area contributed by atoms with Crippen molar-refractivity contribution in [3.05, 3.63) is 45.9 Å². The van der Waals surface area contributed by atoms with Crippen LogP contribution in [-0.2, 0) is 9.59 Å². The minimum atomic E-state index is -0.245. The summed E-state index contributed by atoms with van der Waals surface area (Å²) < 4.78 is 10.3. The number of anilines is 2.